The van der Waals surface area contributed by atoms with Crippen molar-refractivity contribution in [3.05, 3.63) is 112 Å². The van der Waals surface area contributed by atoms with Crippen molar-refractivity contribution in [2.45, 2.75) is 88.5 Å². The van der Waals surface area contributed by atoms with Gasteiger partial charge >= 0.3 is 11.9 Å². The van der Waals surface area contributed by atoms with Gasteiger partial charge in [0.05, 0.1) is 28.3 Å². The van der Waals surface area contributed by atoms with Crippen molar-refractivity contribution in [2.24, 2.45) is 23.7 Å². The van der Waals surface area contributed by atoms with Crippen LogP contribution in [-0.4, -0.2) is 101 Å². The molecule has 3 aliphatic heterocycles. The van der Waals surface area contributed by atoms with E-state index in [4.69, 9.17) is 21.2 Å². The molecule has 58 heavy (non-hydrogen) atoms. The summed E-state index contributed by atoms with van der Waals surface area (Å²) in [6.45, 7) is 12.4. The molecule has 3 fully saturated rings. The van der Waals surface area contributed by atoms with Gasteiger partial charge in [0.15, 0.2) is 6.23 Å². The molecule has 0 aromatic heterocycles. The number of fused-ring (bicyclic) bond motifs is 4. The summed E-state index contributed by atoms with van der Waals surface area (Å²) < 4.78 is 6.10. The van der Waals surface area contributed by atoms with Gasteiger partial charge in [0.2, 0.25) is 0 Å². The number of hydrogen-bond acceptors (Lipinski definition) is 10. The molecule has 3 aromatic carbocycles. The lowest BCUT2D eigenvalue weighted by molar-refractivity contribution is -0.168. The standard InChI is InChI=1S/C46H57ClN4O7/c1-27-22-35-34(28(2)26-50-18-20-51(21-19-50)40(31-12-8-6-9-13-31)32-14-10-7-11-15-32)17-16-29(3)46(35,56)39(42(27)57-30(4)52)33-23-36-41(37(47)24-33)49(5)58-44-45(36,55)25-38(48-44)43(53)54/h6-15,22-24,28-29,34-35,38-40,42,44,48,55-56H,16-21,25-26H2,1-5H3,(H,53,54)/t28?,29-,34+,35-,38+,39+,42?,44-,45-,46-/m1/s1. The third-order valence-electron chi connectivity index (χ3n) is 14.1. The molecule has 0 spiro atoms. The molecule has 0 bridgehead atoms. The molecular formula is C46H57ClN4O7. The summed E-state index contributed by atoms with van der Waals surface area (Å²) in [6, 6.07) is 24.3. The fourth-order valence-electron chi connectivity index (χ4n) is 11.2. The van der Waals surface area contributed by atoms with Gasteiger partial charge in [0.25, 0.3) is 0 Å². The number of anilines is 1. The third kappa shape index (κ3) is 7.16. The van der Waals surface area contributed by atoms with Crippen LogP contribution in [0.25, 0.3) is 0 Å². The summed E-state index contributed by atoms with van der Waals surface area (Å²) >= 11 is 7.06. The fraction of sp³-hybridized carbons (Fsp3) is 0.522. The van der Waals surface area contributed by atoms with Crippen LogP contribution >= 0.6 is 11.6 Å². The molecule has 4 N–H and O–H groups in total. The number of piperazine rings is 1. The molecule has 3 heterocycles. The van der Waals surface area contributed by atoms with E-state index in [1.165, 1.54) is 23.1 Å². The van der Waals surface area contributed by atoms with E-state index in [1.807, 2.05) is 13.0 Å². The van der Waals surface area contributed by atoms with Gasteiger partial charge in [-0.3, -0.25) is 29.7 Å². The second-order valence-electron chi connectivity index (χ2n) is 17.6. The Bertz CT molecular complexity index is 1990. The van der Waals surface area contributed by atoms with Gasteiger partial charge in [0, 0.05) is 64.6 Å². The Kier molecular flexibility index (Phi) is 11.3. The number of benzene rings is 3. The molecule has 12 heteroatoms. The highest BCUT2D eigenvalue weighted by molar-refractivity contribution is 6.33. The van der Waals surface area contributed by atoms with Crippen molar-refractivity contribution in [2.75, 3.05) is 44.8 Å². The number of carboxylic acids is 1. The lowest BCUT2D eigenvalue weighted by Crippen LogP contribution is -2.61. The summed E-state index contributed by atoms with van der Waals surface area (Å²) in [6.07, 6.45) is 1.94. The Morgan fingerprint density at radius 1 is 1.00 bits per heavy atom. The molecule has 8 rings (SSSR count). The monoisotopic (exact) mass is 812 g/mol. The van der Waals surface area contributed by atoms with E-state index < -0.39 is 47.4 Å². The van der Waals surface area contributed by atoms with Gasteiger partial charge < -0.3 is 25.0 Å². The summed E-state index contributed by atoms with van der Waals surface area (Å²) in [5, 5.41) is 40.1. The first kappa shape index (κ1) is 40.9. The van der Waals surface area contributed by atoms with Crippen molar-refractivity contribution in [1.29, 1.82) is 0 Å². The zero-order valence-corrected chi connectivity index (χ0v) is 34.8. The first-order chi connectivity index (χ1) is 27.7. The molecule has 3 aromatic rings. The molecule has 2 unspecified atom stereocenters. The van der Waals surface area contributed by atoms with Gasteiger partial charge in [-0.05, 0) is 71.9 Å². The van der Waals surface area contributed by atoms with Crippen molar-refractivity contribution in [1.82, 2.24) is 15.1 Å². The molecule has 1 saturated carbocycles. The molecule has 5 aliphatic rings. The second kappa shape index (κ2) is 16.0. The summed E-state index contributed by atoms with van der Waals surface area (Å²) in [7, 11) is 1.67. The minimum Gasteiger partial charge on any atom is -0.480 e. The van der Waals surface area contributed by atoms with Gasteiger partial charge in [-0.25, -0.2) is 0 Å². The van der Waals surface area contributed by atoms with E-state index in [0.717, 1.165) is 51.1 Å². The van der Waals surface area contributed by atoms with Crippen LogP contribution in [0.1, 0.15) is 81.2 Å². The highest BCUT2D eigenvalue weighted by Gasteiger charge is 2.60. The SMILES string of the molecule is CC(=O)OC1C(C)=C[C@@H]2[C@H](C(C)CN3CCN(C(c4ccccc4)c4ccccc4)CC3)CC[C@@H](C)[C@]2(O)[C@H]1c1cc(Cl)c2c(c1)[C@]1(O)C[C@@H](C(=O)O)N[C@@H]1ON2C. The highest BCUT2D eigenvalue weighted by atomic mass is 35.5. The molecule has 0 radical (unpaired) electrons. The van der Waals surface area contributed by atoms with E-state index in [-0.39, 0.29) is 41.2 Å². The molecule has 10 atom stereocenters. The minimum atomic E-state index is -1.72. The van der Waals surface area contributed by atoms with E-state index in [1.54, 1.807) is 13.1 Å². The molecule has 2 aliphatic carbocycles. The van der Waals surface area contributed by atoms with E-state index in [2.05, 4.69) is 95.7 Å². The number of aliphatic hydroxyl groups is 2. The van der Waals surface area contributed by atoms with Crippen LogP contribution in [0.15, 0.2) is 84.4 Å². The topological polar surface area (TPSA) is 135 Å². The number of hydrogen-bond donors (Lipinski definition) is 4. The van der Waals surface area contributed by atoms with E-state index >= 15 is 0 Å². The molecule has 310 valence electrons. The predicted molar refractivity (Wildman–Crippen MR) is 222 cm³/mol. The summed E-state index contributed by atoms with van der Waals surface area (Å²) in [5.74, 6) is -2.28. The van der Waals surface area contributed by atoms with Crippen LogP contribution in [0.4, 0.5) is 5.69 Å². The van der Waals surface area contributed by atoms with E-state index in [9.17, 15) is 24.9 Å². The lowest BCUT2D eigenvalue weighted by Gasteiger charge is -2.57. The minimum absolute atomic E-state index is 0.138. The van der Waals surface area contributed by atoms with Crippen LogP contribution in [0.3, 0.4) is 0 Å². The van der Waals surface area contributed by atoms with Crippen LogP contribution in [0, 0.1) is 23.7 Å². The second-order valence-corrected chi connectivity index (χ2v) is 18.0. The first-order valence-electron chi connectivity index (χ1n) is 20.8. The first-order valence-corrected chi connectivity index (χ1v) is 21.2. The number of halogens is 1. The fourth-order valence-corrected chi connectivity index (χ4v) is 11.6. The number of nitrogens with one attached hydrogen (secondary N) is 1. The van der Waals surface area contributed by atoms with Crippen molar-refractivity contribution in [3.63, 3.8) is 0 Å². The van der Waals surface area contributed by atoms with Crippen molar-refractivity contribution >= 4 is 29.2 Å². The molecule has 11 nitrogen and oxygen atoms in total. The average molecular weight is 813 g/mol. The maximum Gasteiger partial charge on any atom is 0.320 e. The van der Waals surface area contributed by atoms with Gasteiger partial charge in [-0.2, -0.15) is 0 Å². The van der Waals surface area contributed by atoms with Crippen LogP contribution in [0.2, 0.25) is 5.02 Å². The van der Waals surface area contributed by atoms with Crippen molar-refractivity contribution < 1.29 is 34.5 Å². The molecule has 0 amide bonds. The summed E-state index contributed by atoms with van der Waals surface area (Å²) in [4.78, 5) is 35.9. The zero-order chi connectivity index (χ0) is 41.1. The summed E-state index contributed by atoms with van der Waals surface area (Å²) in [5.41, 5.74) is 1.87. The lowest BCUT2D eigenvalue weighted by atomic mass is 9.52. The number of carbonyl (C=O) groups is 2. The number of hydroxylamine groups is 1. The van der Waals surface area contributed by atoms with Crippen LogP contribution in [0.5, 0.6) is 0 Å². The van der Waals surface area contributed by atoms with Gasteiger partial charge in [0.1, 0.15) is 17.7 Å². The average Bonchev–Trinajstić information content (AvgIpc) is 3.55. The Hall–Kier alpha value is -3.81. The number of carboxylic acid groups (broad SMARTS) is 1. The number of ether oxygens (including phenoxy) is 1. The van der Waals surface area contributed by atoms with Crippen molar-refractivity contribution in [3.8, 4) is 0 Å². The number of esters is 1. The Balaban J connectivity index is 1.08. The Morgan fingerprint density at radius 3 is 2.24 bits per heavy atom. The number of aliphatic carboxylic acids is 1. The normalized spacial score (nSPS) is 33.2. The van der Waals surface area contributed by atoms with Crippen LogP contribution < -0.4 is 10.4 Å². The number of carbonyl (C=O) groups excluding carboxylic acids is 1. The third-order valence-corrected chi connectivity index (χ3v) is 14.4. The maximum absolute atomic E-state index is 13.4. The largest absolute Gasteiger partial charge is 0.480 e. The highest BCUT2D eigenvalue weighted by Crippen LogP contribution is 2.58. The van der Waals surface area contributed by atoms with Gasteiger partial charge in [-0.1, -0.05) is 92.2 Å². The van der Waals surface area contributed by atoms with E-state index in [0.29, 0.717) is 16.8 Å². The predicted octanol–water partition coefficient (Wildman–Crippen LogP) is 6.09. The molecular weight excluding hydrogens is 756 g/mol. The quantitative estimate of drug-likeness (QED) is 0.148. The molecule has 2 saturated heterocycles. The number of rotatable bonds is 9. The number of nitrogens with zero attached hydrogens (tertiary/aromatic N) is 3. The van der Waals surface area contributed by atoms with Gasteiger partial charge in [-0.15, -0.1) is 0 Å². The zero-order valence-electron chi connectivity index (χ0n) is 34.1. The maximum atomic E-state index is 13.4. The smallest absolute Gasteiger partial charge is 0.320 e. The Labute approximate surface area is 346 Å². The Morgan fingerprint density at radius 2 is 1.64 bits per heavy atom. The van der Waals surface area contributed by atoms with Crippen LogP contribution in [-0.2, 0) is 24.8 Å².